The van der Waals surface area contributed by atoms with Crippen molar-refractivity contribution in [1.29, 1.82) is 0 Å². The molecule has 0 bridgehead atoms. The fourth-order valence-electron chi connectivity index (χ4n) is 1.66. The SMILES string of the molecule is CCCNC(C(=O)O)c1cccc(OCC)c1O. The van der Waals surface area contributed by atoms with E-state index in [9.17, 15) is 15.0 Å². The lowest BCUT2D eigenvalue weighted by molar-refractivity contribution is -0.139. The van der Waals surface area contributed by atoms with E-state index in [0.717, 1.165) is 6.42 Å². The summed E-state index contributed by atoms with van der Waals surface area (Å²) < 4.78 is 5.24. The first-order valence-corrected chi connectivity index (χ1v) is 6.02. The summed E-state index contributed by atoms with van der Waals surface area (Å²) in [6, 6.07) is 3.94. The van der Waals surface area contributed by atoms with Crippen LogP contribution < -0.4 is 10.1 Å². The lowest BCUT2D eigenvalue weighted by Crippen LogP contribution is -2.29. The molecule has 0 aliphatic carbocycles. The molecule has 5 heteroatoms. The van der Waals surface area contributed by atoms with Crippen LogP contribution in [-0.2, 0) is 4.79 Å². The van der Waals surface area contributed by atoms with Crippen LogP contribution in [-0.4, -0.2) is 29.3 Å². The lowest BCUT2D eigenvalue weighted by Gasteiger charge is -2.17. The minimum atomic E-state index is -1.02. The third-order valence-electron chi connectivity index (χ3n) is 2.49. The summed E-state index contributed by atoms with van der Waals surface area (Å²) in [5.41, 5.74) is 0.321. The van der Waals surface area contributed by atoms with E-state index in [2.05, 4.69) is 5.32 Å². The number of aliphatic carboxylic acids is 1. The predicted octanol–water partition coefficient (Wildman–Crippen LogP) is 1.92. The van der Waals surface area contributed by atoms with Crippen LogP contribution in [0.15, 0.2) is 18.2 Å². The number of phenolic OH excluding ortho intramolecular Hbond substituents is 1. The van der Waals surface area contributed by atoms with Gasteiger partial charge in [0.2, 0.25) is 0 Å². The second-order valence-corrected chi connectivity index (χ2v) is 3.85. The Morgan fingerprint density at radius 3 is 2.72 bits per heavy atom. The minimum Gasteiger partial charge on any atom is -0.504 e. The number of nitrogens with one attached hydrogen (secondary N) is 1. The number of rotatable bonds is 7. The van der Waals surface area contributed by atoms with Crippen molar-refractivity contribution >= 4 is 5.97 Å². The van der Waals surface area contributed by atoms with Crippen molar-refractivity contribution in [3.63, 3.8) is 0 Å². The number of aromatic hydroxyl groups is 1. The van der Waals surface area contributed by atoms with Gasteiger partial charge in [-0.3, -0.25) is 4.79 Å². The van der Waals surface area contributed by atoms with E-state index in [0.29, 0.717) is 24.5 Å². The number of hydrogen-bond acceptors (Lipinski definition) is 4. The Labute approximate surface area is 106 Å². The fraction of sp³-hybridized carbons (Fsp3) is 0.462. The second-order valence-electron chi connectivity index (χ2n) is 3.85. The average Bonchev–Trinajstić information content (AvgIpc) is 2.34. The van der Waals surface area contributed by atoms with Gasteiger partial charge in [0.15, 0.2) is 11.5 Å². The highest BCUT2D eigenvalue weighted by molar-refractivity contribution is 5.77. The summed E-state index contributed by atoms with van der Waals surface area (Å²) in [5, 5.41) is 22.1. The quantitative estimate of drug-likeness (QED) is 0.692. The molecule has 0 fully saturated rings. The predicted molar refractivity (Wildman–Crippen MR) is 67.9 cm³/mol. The van der Waals surface area contributed by atoms with Crippen LogP contribution in [0.3, 0.4) is 0 Å². The van der Waals surface area contributed by atoms with Gasteiger partial charge in [-0.1, -0.05) is 19.1 Å². The number of carboxylic acids is 1. The molecule has 3 N–H and O–H groups in total. The Kier molecular flexibility index (Phi) is 5.45. The number of carboxylic acid groups (broad SMARTS) is 1. The minimum absolute atomic E-state index is 0.115. The first kappa shape index (κ1) is 14.3. The molecule has 0 saturated heterocycles. The molecule has 0 aliphatic heterocycles. The zero-order valence-corrected chi connectivity index (χ0v) is 10.6. The van der Waals surface area contributed by atoms with Gasteiger partial charge in [0.05, 0.1) is 6.61 Å². The molecule has 1 atom stereocenters. The maximum atomic E-state index is 11.2. The molecule has 0 spiro atoms. The highest BCUT2D eigenvalue weighted by Gasteiger charge is 2.23. The lowest BCUT2D eigenvalue weighted by atomic mass is 10.1. The summed E-state index contributed by atoms with van der Waals surface area (Å²) in [5.74, 6) is -0.831. The third kappa shape index (κ3) is 3.37. The monoisotopic (exact) mass is 253 g/mol. The van der Waals surface area contributed by atoms with Crippen molar-refractivity contribution in [2.24, 2.45) is 0 Å². The molecule has 0 aliphatic rings. The van der Waals surface area contributed by atoms with Gasteiger partial charge in [-0.25, -0.2) is 0 Å². The number of phenols is 1. The van der Waals surface area contributed by atoms with Crippen molar-refractivity contribution < 1.29 is 19.7 Å². The smallest absolute Gasteiger partial charge is 0.325 e. The van der Waals surface area contributed by atoms with Crippen molar-refractivity contribution in [3.8, 4) is 11.5 Å². The van der Waals surface area contributed by atoms with E-state index in [4.69, 9.17) is 4.74 Å². The van der Waals surface area contributed by atoms with Crippen LogP contribution in [0.2, 0.25) is 0 Å². The molecular weight excluding hydrogens is 234 g/mol. The Morgan fingerprint density at radius 1 is 1.44 bits per heavy atom. The maximum absolute atomic E-state index is 11.2. The third-order valence-corrected chi connectivity index (χ3v) is 2.49. The van der Waals surface area contributed by atoms with Crippen LogP contribution in [0.4, 0.5) is 0 Å². The molecule has 1 aromatic carbocycles. The van der Waals surface area contributed by atoms with Gasteiger partial charge in [0.25, 0.3) is 0 Å². The van der Waals surface area contributed by atoms with Crippen molar-refractivity contribution in [2.45, 2.75) is 26.3 Å². The van der Waals surface area contributed by atoms with E-state index in [1.54, 1.807) is 25.1 Å². The van der Waals surface area contributed by atoms with E-state index in [1.807, 2.05) is 6.92 Å². The molecule has 0 aromatic heterocycles. The average molecular weight is 253 g/mol. The van der Waals surface area contributed by atoms with Crippen LogP contribution in [0, 0.1) is 0 Å². The first-order valence-electron chi connectivity index (χ1n) is 6.02. The van der Waals surface area contributed by atoms with Gasteiger partial charge in [-0.15, -0.1) is 0 Å². The summed E-state index contributed by atoms with van der Waals surface area (Å²) >= 11 is 0. The molecule has 0 radical (unpaired) electrons. The Bertz CT molecular complexity index is 406. The number of hydrogen-bond donors (Lipinski definition) is 3. The molecule has 0 heterocycles. The standard InChI is InChI=1S/C13H19NO4/c1-3-8-14-11(13(16)17)9-6-5-7-10(12(9)15)18-4-2/h5-7,11,14-15H,3-4,8H2,1-2H3,(H,16,17). The van der Waals surface area contributed by atoms with Crippen LogP contribution in [0.25, 0.3) is 0 Å². The number of ether oxygens (including phenoxy) is 1. The maximum Gasteiger partial charge on any atom is 0.325 e. The number of para-hydroxylation sites is 1. The van der Waals surface area contributed by atoms with Crippen LogP contribution in [0.5, 0.6) is 11.5 Å². The van der Waals surface area contributed by atoms with Gasteiger partial charge in [0, 0.05) is 5.56 Å². The molecular formula is C13H19NO4. The van der Waals surface area contributed by atoms with Gasteiger partial charge in [-0.2, -0.15) is 0 Å². The van der Waals surface area contributed by atoms with Crippen LogP contribution in [0.1, 0.15) is 31.9 Å². The highest BCUT2D eigenvalue weighted by atomic mass is 16.5. The zero-order valence-electron chi connectivity index (χ0n) is 10.6. The van der Waals surface area contributed by atoms with Crippen molar-refractivity contribution in [1.82, 2.24) is 5.32 Å². The van der Waals surface area contributed by atoms with Gasteiger partial charge >= 0.3 is 5.97 Å². The van der Waals surface area contributed by atoms with Crippen molar-refractivity contribution in [2.75, 3.05) is 13.2 Å². The molecule has 18 heavy (non-hydrogen) atoms. The van der Waals surface area contributed by atoms with E-state index in [1.165, 1.54) is 0 Å². The Morgan fingerprint density at radius 2 is 2.17 bits per heavy atom. The number of carbonyl (C=O) groups is 1. The fourth-order valence-corrected chi connectivity index (χ4v) is 1.66. The van der Waals surface area contributed by atoms with E-state index in [-0.39, 0.29) is 5.75 Å². The molecule has 100 valence electrons. The van der Waals surface area contributed by atoms with Crippen LogP contribution >= 0.6 is 0 Å². The molecule has 1 unspecified atom stereocenters. The molecule has 5 nitrogen and oxygen atoms in total. The topological polar surface area (TPSA) is 78.8 Å². The largest absolute Gasteiger partial charge is 0.504 e. The summed E-state index contributed by atoms with van der Waals surface area (Å²) in [6.45, 7) is 4.73. The second kappa shape index (κ2) is 6.86. The van der Waals surface area contributed by atoms with E-state index < -0.39 is 12.0 Å². The molecule has 0 saturated carbocycles. The van der Waals surface area contributed by atoms with Gasteiger partial charge in [-0.05, 0) is 26.0 Å². The Hall–Kier alpha value is -1.75. The zero-order chi connectivity index (χ0) is 13.5. The summed E-state index contributed by atoms with van der Waals surface area (Å²) in [4.78, 5) is 11.2. The summed E-state index contributed by atoms with van der Waals surface area (Å²) in [6.07, 6.45) is 0.815. The molecule has 1 rings (SSSR count). The normalized spacial score (nSPS) is 12.1. The molecule has 1 aromatic rings. The van der Waals surface area contributed by atoms with Crippen molar-refractivity contribution in [3.05, 3.63) is 23.8 Å². The molecule has 0 amide bonds. The highest BCUT2D eigenvalue weighted by Crippen LogP contribution is 2.33. The van der Waals surface area contributed by atoms with Gasteiger partial charge in [0.1, 0.15) is 6.04 Å². The first-order chi connectivity index (χ1) is 8.61. The van der Waals surface area contributed by atoms with E-state index >= 15 is 0 Å². The Balaban J connectivity index is 3.04. The summed E-state index contributed by atoms with van der Waals surface area (Å²) in [7, 11) is 0. The number of benzene rings is 1. The van der Waals surface area contributed by atoms with Gasteiger partial charge < -0.3 is 20.3 Å².